The third-order valence-corrected chi connectivity index (χ3v) is 5.26. The fourth-order valence-corrected chi connectivity index (χ4v) is 3.98. The third-order valence-electron chi connectivity index (χ3n) is 4.41. The molecule has 0 radical (unpaired) electrons. The van der Waals surface area contributed by atoms with Crippen LogP contribution < -0.4 is 0 Å². The molecule has 0 amide bonds. The summed E-state index contributed by atoms with van der Waals surface area (Å²) < 4.78 is 0. The van der Waals surface area contributed by atoms with Crippen LogP contribution in [0.25, 0.3) is 0 Å². The summed E-state index contributed by atoms with van der Waals surface area (Å²) in [6.07, 6.45) is 6.21. The topological polar surface area (TPSA) is 33.1 Å². The molecule has 2 rings (SSSR count). The first kappa shape index (κ1) is 15.0. The maximum absolute atomic E-state index is 10.7. The van der Waals surface area contributed by atoms with E-state index in [1.165, 1.54) is 19.3 Å². The van der Waals surface area contributed by atoms with Gasteiger partial charge in [0.15, 0.2) is 0 Å². The molecule has 0 aromatic carbocycles. The number of rotatable bonds is 3. The van der Waals surface area contributed by atoms with Gasteiger partial charge in [0.1, 0.15) is 0 Å². The minimum absolute atomic E-state index is 0.108. The Bertz CT molecular complexity index is 411. The van der Waals surface area contributed by atoms with Crippen molar-refractivity contribution in [2.75, 3.05) is 0 Å². The van der Waals surface area contributed by atoms with E-state index in [1.807, 2.05) is 0 Å². The Morgan fingerprint density at radius 3 is 2.47 bits per heavy atom. The molecule has 1 N–H and O–H groups in total. The van der Waals surface area contributed by atoms with Gasteiger partial charge in [-0.2, -0.15) is 0 Å². The van der Waals surface area contributed by atoms with Gasteiger partial charge in [-0.15, -0.1) is 11.3 Å². The molecule has 1 aliphatic rings. The van der Waals surface area contributed by atoms with E-state index in [0.29, 0.717) is 0 Å². The number of thiazole rings is 1. The first-order valence-electron chi connectivity index (χ1n) is 7.50. The summed E-state index contributed by atoms with van der Waals surface area (Å²) in [6, 6.07) is 0. The van der Waals surface area contributed by atoms with Gasteiger partial charge in [-0.1, -0.05) is 34.1 Å². The van der Waals surface area contributed by atoms with E-state index in [-0.39, 0.29) is 5.41 Å². The Morgan fingerprint density at radius 2 is 2.00 bits per heavy atom. The van der Waals surface area contributed by atoms with E-state index in [2.05, 4.69) is 33.1 Å². The highest BCUT2D eigenvalue weighted by Gasteiger charge is 2.33. The Kier molecular flexibility index (Phi) is 4.36. The summed E-state index contributed by atoms with van der Waals surface area (Å²) in [4.78, 5) is 4.72. The predicted molar refractivity (Wildman–Crippen MR) is 81.7 cm³/mol. The zero-order chi connectivity index (χ0) is 14.1. The van der Waals surface area contributed by atoms with Gasteiger partial charge >= 0.3 is 0 Å². The first-order valence-corrected chi connectivity index (χ1v) is 8.38. The summed E-state index contributed by atoms with van der Waals surface area (Å²) in [5.41, 5.74) is 0.758. The average molecular weight is 281 g/mol. The zero-order valence-electron chi connectivity index (χ0n) is 12.7. The third kappa shape index (κ3) is 3.79. The van der Waals surface area contributed by atoms with Crippen molar-refractivity contribution in [3.05, 3.63) is 16.1 Å². The molecule has 3 heteroatoms. The fraction of sp³-hybridized carbons (Fsp3) is 0.812. The van der Waals surface area contributed by atoms with E-state index in [0.717, 1.165) is 35.9 Å². The van der Waals surface area contributed by atoms with Gasteiger partial charge in [0, 0.05) is 17.2 Å². The highest BCUT2D eigenvalue weighted by molar-refractivity contribution is 7.09. The van der Waals surface area contributed by atoms with E-state index in [1.54, 1.807) is 11.3 Å². The van der Waals surface area contributed by atoms with E-state index >= 15 is 0 Å². The fourth-order valence-electron chi connectivity index (χ4n) is 2.82. The first-order chi connectivity index (χ1) is 8.82. The van der Waals surface area contributed by atoms with Crippen LogP contribution in [0.15, 0.2) is 5.38 Å². The summed E-state index contributed by atoms with van der Waals surface area (Å²) in [7, 11) is 0. The second-order valence-electron chi connectivity index (χ2n) is 7.13. The second-order valence-corrected chi connectivity index (χ2v) is 8.07. The number of nitrogens with zero attached hydrogens (tertiary/aromatic N) is 1. The summed E-state index contributed by atoms with van der Waals surface area (Å²) in [6.45, 7) is 8.82. The molecule has 1 saturated carbocycles. The van der Waals surface area contributed by atoms with E-state index in [9.17, 15) is 5.11 Å². The van der Waals surface area contributed by atoms with Crippen LogP contribution in [0.1, 0.15) is 70.5 Å². The maximum atomic E-state index is 10.7. The van der Waals surface area contributed by atoms with E-state index < -0.39 is 5.60 Å². The molecule has 1 fully saturated rings. The normalized spacial score (nSPS) is 28.6. The summed E-state index contributed by atoms with van der Waals surface area (Å²) in [5, 5.41) is 14.0. The molecule has 0 aliphatic heterocycles. The van der Waals surface area contributed by atoms with Crippen LogP contribution in [0.3, 0.4) is 0 Å². The van der Waals surface area contributed by atoms with Crippen LogP contribution in [-0.4, -0.2) is 15.7 Å². The van der Waals surface area contributed by atoms with Crippen molar-refractivity contribution in [3.8, 4) is 0 Å². The highest BCUT2D eigenvalue weighted by Crippen LogP contribution is 2.36. The molecular formula is C16H27NOS. The zero-order valence-corrected chi connectivity index (χ0v) is 13.5. The minimum atomic E-state index is -0.501. The highest BCUT2D eigenvalue weighted by atomic mass is 32.1. The average Bonchev–Trinajstić information content (AvgIpc) is 2.78. The molecule has 0 bridgehead atoms. The number of hydrogen-bond donors (Lipinski definition) is 1. The SMILES string of the molecule is CCC1CCC(O)(Cc2nc(C(C)(C)C)cs2)CC1. The van der Waals surface area contributed by atoms with Gasteiger partial charge in [-0.3, -0.25) is 0 Å². The second kappa shape index (κ2) is 5.53. The molecule has 0 unspecified atom stereocenters. The molecule has 1 aromatic heterocycles. The molecule has 1 aromatic rings. The molecule has 1 aliphatic carbocycles. The van der Waals surface area contributed by atoms with Gasteiger partial charge in [-0.25, -0.2) is 4.98 Å². The van der Waals surface area contributed by atoms with Gasteiger partial charge < -0.3 is 5.11 Å². The lowest BCUT2D eigenvalue weighted by molar-refractivity contribution is -0.00929. The Balaban J connectivity index is 1.99. The predicted octanol–water partition coefficient (Wildman–Crippen LogP) is 4.31. The monoisotopic (exact) mass is 281 g/mol. The number of aromatic nitrogens is 1. The van der Waals surface area contributed by atoms with Crippen molar-refractivity contribution in [2.24, 2.45) is 5.92 Å². The van der Waals surface area contributed by atoms with Gasteiger partial charge in [0.2, 0.25) is 0 Å². The molecule has 1 heterocycles. The van der Waals surface area contributed by atoms with Gasteiger partial charge in [-0.05, 0) is 31.6 Å². The van der Waals surface area contributed by atoms with Crippen molar-refractivity contribution in [3.63, 3.8) is 0 Å². The quantitative estimate of drug-likeness (QED) is 0.895. The van der Waals surface area contributed by atoms with Crippen molar-refractivity contribution < 1.29 is 5.11 Å². The van der Waals surface area contributed by atoms with Crippen molar-refractivity contribution >= 4 is 11.3 Å². The van der Waals surface area contributed by atoms with Crippen molar-refractivity contribution in [1.82, 2.24) is 4.98 Å². The molecule has 19 heavy (non-hydrogen) atoms. The van der Waals surface area contributed by atoms with Crippen LogP contribution in [-0.2, 0) is 11.8 Å². The van der Waals surface area contributed by atoms with Crippen LogP contribution in [0.5, 0.6) is 0 Å². The standard InChI is InChI=1S/C16H27NOS/c1-5-12-6-8-16(18,9-7-12)10-14-17-13(11-19-14)15(2,3)4/h11-12,18H,5-10H2,1-4H3. The largest absolute Gasteiger partial charge is 0.389 e. The van der Waals surface area contributed by atoms with Crippen LogP contribution >= 0.6 is 11.3 Å². The molecule has 0 saturated heterocycles. The van der Waals surface area contributed by atoms with Crippen LogP contribution in [0.4, 0.5) is 0 Å². The van der Waals surface area contributed by atoms with E-state index in [4.69, 9.17) is 4.98 Å². The minimum Gasteiger partial charge on any atom is -0.389 e. The number of hydrogen-bond acceptors (Lipinski definition) is 3. The summed E-state index contributed by atoms with van der Waals surface area (Å²) >= 11 is 1.70. The van der Waals surface area contributed by atoms with Crippen molar-refractivity contribution in [1.29, 1.82) is 0 Å². The Morgan fingerprint density at radius 1 is 1.37 bits per heavy atom. The van der Waals surface area contributed by atoms with Crippen LogP contribution in [0.2, 0.25) is 0 Å². The maximum Gasteiger partial charge on any atom is 0.0957 e. The van der Waals surface area contributed by atoms with Gasteiger partial charge in [0.25, 0.3) is 0 Å². The lowest BCUT2D eigenvalue weighted by Gasteiger charge is -2.35. The molecule has 2 nitrogen and oxygen atoms in total. The number of aliphatic hydroxyl groups is 1. The Labute approximate surface area is 121 Å². The van der Waals surface area contributed by atoms with Crippen LogP contribution in [0, 0.1) is 5.92 Å². The molecule has 108 valence electrons. The van der Waals surface area contributed by atoms with Gasteiger partial charge in [0.05, 0.1) is 16.3 Å². The van der Waals surface area contributed by atoms with Crippen molar-refractivity contribution in [2.45, 2.75) is 77.2 Å². The lowest BCUT2D eigenvalue weighted by Crippen LogP contribution is -2.36. The Hall–Kier alpha value is -0.410. The summed E-state index contributed by atoms with van der Waals surface area (Å²) in [5.74, 6) is 0.821. The smallest absolute Gasteiger partial charge is 0.0957 e. The molecular weight excluding hydrogens is 254 g/mol. The molecule has 0 spiro atoms. The molecule has 0 atom stereocenters. The lowest BCUT2D eigenvalue weighted by atomic mass is 9.76.